The number of rotatable bonds is 8. The van der Waals surface area contributed by atoms with Crippen LogP contribution in [0.2, 0.25) is 0 Å². The molecule has 9 nitrogen and oxygen atoms in total. The molecular formula is C26H22N3O6-. The van der Waals surface area contributed by atoms with Crippen molar-refractivity contribution in [2.24, 2.45) is 0 Å². The number of phenols is 1. The summed E-state index contributed by atoms with van der Waals surface area (Å²) in [5, 5.41) is 23.9. The Morgan fingerprint density at radius 2 is 1.51 bits per heavy atom. The number of carbonyl (C=O) groups is 2. The van der Waals surface area contributed by atoms with Crippen molar-refractivity contribution in [3.8, 4) is 5.75 Å². The van der Waals surface area contributed by atoms with Gasteiger partial charge in [-0.25, -0.2) is 9.36 Å². The second-order valence-corrected chi connectivity index (χ2v) is 8.11. The van der Waals surface area contributed by atoms with E-state index in [0.29, 0.717) is 16.6 Å². The quantitative estimate of drug-likeness (QED) is 0.344. The number of carboxylic acids is 1. The van der Waals surface area contributed by atoms with E-state index >= 15 is 0 Å². The molecule has 0 spiro atoms. The molecule has 2 atom stereocenters. The number of hydrogen-bond acceptors (Lipinski definition) is 6. The molecule has 1 amide bonds. The minimum Gasteiger partial charge on any atom is -0.548 e. The van der Waals surface area contributed by atoms with Gasteiger partial charge in [-0.3, -0.25) is 9.59 Å². The van der Waals surface area contributed by atoms with E-state index in [-0.39, 0.29) is 24.0 Å². The second kappa shape index (κ2) is 10.1. The van der Waals surface area contributed by atoms with E-state index < -0.39 is 35.2 Å². The monoisotopic (exact) mass is 472 g/mol. The number of para-hydroxylation sites is 1. The van der Waals surface area contributed by atoms with Crippen molar-refractivity contribution in [1.82, 2.24) is 14.9 Å². The van der Waals surface area contributed by atoms with Crippen LogP contribution in [0.4, 0.5) is 0 Å². The van der Waals surface area contributed by atoms with Gasteiger partial charge in [-0.1, -0.05) is 54.6 Å². The van der Waals surface area contributed by atoms with Crippen LogP contribution >= 0.6 is 0 Å². The van der Waals surface area contributed by atoms with Crippen molar-refractivity contribution in [2.45, 2.75) is 24.9 Å². The number of benzene rings is 3. The Kier molecular flexibility index (Phi) is 6.77. The molecule has 35 heavy (non-hydrogen) atoms. The van der Waals surface area contributed by atoms with Gasteiger partial charge in [0.1, 0.15) is 11.8 Å². The number of aromatic hydroxyl groups is 1. The second-order valence-electron chi connectivity index (χ2n) is 8.11. The molecule has 1 heterocycles. The highest BCUT2D eigenvalue weighted by molar-refractivity contribution is 5.86. The third kappa shape index (κ3) is 5.30. The lowest BCUT2D eigenvalue weighted by atomic mass is 10.0. The summed E-state index contributed by atoms with van der Waals surface area (Å²) in [5.74, 6) is -2.32. The Balaban J connectivity index is 1.72. The topological polar surface area (TPSA) is 144 Å². The van der Waals surface area contributed by atoms with Gasteiger partial charge in [0.05, 0.1) is 22.9 Å². The van der Waals surface area contributed by atoms with Crippen LogP contribution in [0.3, 0.4) is 0 Å². The normalized spacial score (nSPS) is 12.7. The lowest BCUT2D eigenvalue weighted by Gasteiger charge is -2.24. The van der Waals surface area contributed by atoms with Gasteiger partial charge in [0, 0.05) is 6.42 Å². The van der Waals surface area contributed by atoms with Crippen LogP contribution in [0.25, 0.3) is 10.9 Å². The predicted octanol–water partition coefficient (Wildman–Crippen LogP) is 0.657. The number of carboxylic acid groups (broad SMARTS) is 1. The van der Waals surface area contributed by atoms with Gasteiger partial charge < -0.3 is 25.3 Å². The first-order valence-electron chi connectivity index (χ1n) is 10.9. The van der Waals surface area contributed by atoms with Gasteiger partial charge >= 0.3 is 5.69 Å². The van der Waals surface area contributed by atoms with Crippen LogP contribution in [-0.4, -0.2) is 32.6 Å². The maximum absolute atomic E-state index is 13.4. The zero-order valence-corrected chi connectivity index (χ0v) is 18.5. The van der Waals surface area contributed by atoms with E-state index in [9.17, 15) is 29.4 Å². The van der Waals surface area contributed by atoms with E-state index in [1.165, 1.54) is 30.3 Å². The standard InChI is InChI=1S/C26H23N3O6/c30-18-12-10-17(11-13-18)14-21(25(33)34)27-23(31)22(15-16-6-2-1-3-7-16)29-24(32)19-8-4-5-9-20(19)28-26(29)35/h1-13,21-22,30H,14-15H2,(H,27,31)(H,28,35)(H,33,34)/p-1/t21-,22-/m0/s1. The number of nitrogens with zero attached hydrogens (tertiary/aromatic N) is 1. The molecule has 0 radical (unpaired) electrons. The van der Waals surface area contributed by atoms with E-state index in [2.05, 4.69) is 10.3 Å². The van der Waals surface area contributed by atoms with Gasteiger partial charge in [-0.05, 0) is 41.8 Å². The molecule has 3 aromatic carbocycles. The lowest BCUT2D eigenvalue weighted by molar-refractivity contribution is -0.308. The maximum atomic E-state index is 13.4. The molecule has 0 bridgehead atoms. The number of carbonyl (C=O) groups excluding carboxylic acids is 2. The third-order valence-corrected chi connectivity index (χ3v) is 5.70. The Bertz CT molecular complexity index is 1480. The van der Waals surface area contributed by atoms with Gasteiger partial charge in [0.15, 0.2) is 0 Å². The van der Waals surface area contributed by atoms with Gasteiger partial charge in [-0.15, -0.1) is 0 Å². The number of aliphatic carboxylic acids is 1. The Morgan fingerprint density at radius 3 is 2.20 bits per heavy atom. The summed E-state index contributed by atoms with van der Waals surface area (Å²) in [7, 11) is 0. The molecule has 4 rings (SSSR count). The number of phenolic OH excluding ortho intramolecular Hbond substituents is 1. The number of aromatic nitrogens is 2. The summed E-state index contributed by atoms with van der Waals surface area (Å²) in [5.41, 5.74) is 0.100. The van der Waals surface area contributed by atoms with Crippen LogP contribution in [0.15, 0.2) is 88.5 Å². The Morgan fingerprint density at radius 1 is 0.886 bits per heavy atom. The zero-order chi connectivity index (χ0) is 24.9. The van der Waals surface area contributed by atoms with E-state index in [4.69, 9.17) is 0 Å². The minimum atomic E-state index is -1.52. The fourth-order valence-corrected chi connectivity index (χ4v) is 3.93. The lowest BCUT2D eigenvalue weighted by Crippen LogP contribution is -2.53. The number of hydrogen-bond donors (Lipinski definition) is 3. The van der Waals surface area contributed by atoms with Crippen LogP contribution in [0, 0.1) is 0 Å². The predicted molar refractivity (Wildman–Crippen MR) is 127 cm³/mol. The summed E-state index contributed by atoms with van der Waals surface area (Å²) >= 11 is 0. The molecular weight excluding hydrogens is 450 g/mol. The van der Waals surface area contributed by atoms with Gasteiger partial charge in [0.2, 0.25) is 5.91 Å². The number of H-pyrrole nitrogens is 1. The highest BCUT2D eigenvalue weighted by atomic mass is 16.4. The first kappa shape index (κ1) is 23.5. The average molecular weight is 472 g/mol. The molecule has 0 saturated heterocycles. The van der Waals surface area contributed by atoms with E-state index in [1.807, 2.05) is 0 Å². The summed E-state index contributed by atoms with van der Waals surface area (Å²) in [4.78, 5) is 54.0. The number of nitrogens with one attached hydrogen (secondary N) is 2. The van der Waals surface area contributed by atoms with Crippen LogP contribution < -0.4 is 21.7 Å². The minimum absolute atomic E-state index is 0.0145. The fraction of sp³-hybridized carbons (Fsp3) is 0.154. The van der Waals surface area contributed by atoms with Crippen molar-refractivity contribution in [3.05, 3.63) is 111 Å². The highest BCUT2D eigenvalue weighted by Gasteiger charge is 2.27. The first-order valence-corrected chi connectivity index (χ1v) is 10.9. The summed E-state index contributed by atoms with van der Waals surface area (Å²) < 4.78 is 0.817. The molecule has 1 aromatic heterocycles. The summed E-state index contributed by atoms with van der Waals surface area (Å²) in [6, 6.07) is 18.3. The number of amides is 1. The smallest absolute Gasteiger partial charge is 0.329 e. The molecule has 0 aliphatic rings. The van der Waals surface area contributed by atoms with Crippen molar-refractivity contribution in [3.63, 3.8) is 0 Å². The SMILES string of the molecule is O=C([O-])[C@H](Cc1ccc(O)cc1)NC(=O)[C@H](Cc1ccccc1)n1c(=O)[nH]c2ccccc2c1=O. The number of aromatic amines is 1. The largest absolute Gasteiger partial charge is 0.548 e. The highest BCUT2D eigenvalue weighted by Crippen LogP contribution is 2.15. The summed E-state index contributed by atoms with van der Waals surface area (Å²) in [6.07, 6.45) is -0.137. The van der Waals surface area contributed by atoms with Gasteiger partial charge in [-0.2, -0.15) is 0 Å². The molecule has 0 fully saturated rings. The van der Waals surface area contributed by atoms with E-state index in [0.717, 1.165) is 4.57 Å². The first-order chi connectivity index (χ1) is 16.8. The number of fused-ring (bicyclic) bond motifs is 1. The Labute approximate surface area is 199 Å². The molecule has 0 aliphatic carbocycles. The third-order valence-electron chi connectivity index (χ3n) is 5.70. The molecule has 0 saturated carbocycles. The fourth-order valence-electron chi connectivity index (χ4n) is 3.93. The van der Waals surface area contributed by atoms with Crippen molar-refractivity contribution in [2.75, 3.05) is 0 Å². The Hall–Kier alpha value is -4.66. The summed E-state index contributed by atoms with van der Waals surface area (Å²) in [6.45, 7) is 0. The molecule has 178 valence electrons. The van der Waals surface area contributed by atoms with Crippen molar-refractivity contribution >= 4 is 22.8 Å². The van der Waals surface area contributed by atoms with Crippen LogP contribution in [0.5, 0.6) is 5.75 Å². The zero-order valence-electron chi connectivity index (χ0n) is 18.5. The molecule has 3 N–H and O–H groups in total. The van der Waals surface area contributed by atoms with Gasteiger partial charge in [0.25, 0.3) is 5.56 Å². The molecule has 9 heteroatoms. The average Bonchev–Trinajstić information content (AvgIpc) is 2.85. The molecule has 0 unspecified atom stereocenters. The van der Waals surface area contributed by atoms with Crippen LogP contribution in [0.1, 0.15) is 17.2 Å². The maximum Gasteiger partial charge on any atom is 0.329 e. The van der Waals surface area contributed by atoms with Crippen molar-refractivity contribution in [1.29, 1.82) is 0 Å². The van der Waals surface area contributed by atoms with E-state index in [1.54, 1.807) is 48.5 Å². The van der Waals surface area contributed by atoms with Crippen LogP contribution in [-0.2, 0) is 22.4 Å². The van der Waals surface area contributed by atoms with Crippen molar-refractivity contribution < 1.29 is 19.8 Å². The molecule has 0 aliphatic heterocycles. The molecule has 4 aromatic rings.